The van der Waals surface area contributed by atoms with E-state index in [2.05, 4.69) is 62.4 Å². The van der Waals surface area contributed by atoms with E-state index in [1.165, 1.54) is 35.1 Å². The molecule has 0 fully saturated rings. The molecule has 0 unspecified atom stereocenters. The molecule has 2 rings (SSSR count). The standard InChI is InChI=1S/C16H18/c1-3-7-14-9-6-10-15(12-14)16-11-5-4-8-13(16)2/h4-6,8-12H,3,7H2,1-2H3. The minimum Gasteiger partial charge on any atom is -0.0651 e. The molecule has 2 aromatic carbocycles. The van der Waals surface area contributed by atoms with Crippen LogP contribution >= 0.6 is 0 Å². The van der Waals surface area contributed by atoms with E-state index in [9.17, 15) is 0 Å². The number of rotatable bonds is 3. The van der Waals surface area contributed by atoms with Gasteiger partial charge in [-0.05, 0) is 35.6 Å². The van der Waals surface area contributed by atoms with Crippen molar-refractivity contribution >= 4 is 0 Å². The Labute approximate surface area is 97.9 Å². The Balaban J connectivity index is 2.40. The van der Waals surface area contributed by atoms with Crippen molar-refractivity contribution in [2.24, 2.45) is 0 Å². The van der Waals surface area contributed by atoms with E-state index < -0.39 is 0 Å². The van der Waals surface area contributed by atoms with Crippen molar-refractivity contribution in [3.63, 3.8) is 0 Å². The maximum absolute atomic E-state index is 2.31. The second-order valence-electron chi connectivity index (χ2n) is 4.27. The second-order valence-corrected chi connectivity index (χ2v) is 4.27. The molecule has 0 aliphatic heterocycles. The summed E-state index contributed by atoms with van der Waals surface area (Å²) in [5.74, 6) is 0. The largest absolute Gasteiger partial charge is 0.0651 e. The molecule has 0 nitrogen and oxygen atoms in total. The number of hydrogen-bond donors (Lipinski definition) is 0. The Hall–Kier alpha value is -1.56. The maximum atomic E-state index is 2.31. The summed E-state index contributed by atoms with van der Waals surface area (Å²) in [7, 11) is 0. The van der Waals surface area contributed by atoms with Crippen LogP contribution in [0.5, 0.6) is 0 Å². The average Bonchev–Trinajstić information content (AvgIpc) is 2.30. The third kappa shape index (κ3) is 2.33. The van der Waals surface area contributed by atoms with Crippen LogP contribution in [0, 0.1) is 6.92 Å². The first kappa shape index (κ1) is 10.9. The van der Waals surface area contributed by atoms with Crippen LogP contribution in [0.2, 0.25) is 0 Å². The molecule has 0 aliphatic rings. The zero-order valence-electron chi connectivity index (χ0n) is 10.0. The molecular weight excluding hydrogens is 192 g/mol. The summed E-state index contributed by atoms with van der Waals surface area (Å²) in [6.45, 7) is 4.39. The second kappa shape index (κ2) is 4.98. The summed E-state index contributed by atoms with van der Waals surface area (Å²) in [6.07, 6.45) is 2.37. The topological polar surface area (TPSA) is 0 Å². The summed E-state index contributed by atoms with van der Waals surface area (Å²) in [6, 6.07) is 17.4. The van der Waals surface area contributed by atoms with E-state index in [-0.39, 0.29) is 0 Å². The minimum atomic E-state index is 1.17. The fourth-order valence-corrected chi connectivity index (χ4v) is 2.08. The first-order valence-corrected chi connectivity index (χ1v) is 5.96. The van der Waals surface area contributed by atoms with Crippen LogP contribution in [-0.2, 0) is 6.42 Å². The molecule has 0 saturated heterocycles. The molecule has 0 saturated carbocycles. The molecule has 0 amide bonds. The Kier molecular flexibility index (Phi) is 3.40. The normalized spacial score (nSPS) is 10.4. The lowest BCUT2D eigenvalue weighted by Gasteiger charge is -2.07. The van der Waals surface area contributed by atoms with Crippen LogP contribution in [0.3, 0.4) is 0 Å². The van der Waals surface area contributed by atoms with Crippen molar-refractivity contribution in [1.29, 1.82) is 0 Å². The quantitative estimate of drug-likeness (QED) is 0.693. The highest BCUT2D eigenvalue weighted by Gasteiger charge is 2.01. The fraction of sp³-hybridized carbons (Fsp3) is 0.250. The van der Waals surface area contributed by atoms with E-state index in [1.54, 1.807) is 0 Å². The van der Waals surface area contributed by atoms with Crippen LogP contribution in [0.1, 0.15) is 24.5 Å². The van der Waals surface area contributed by atoms with Gasteiger partial charge >= 0.3 is 0 Å². The summed E-state index contributed by atoms with van der Waals surface area (Å²) >= 11 is 0. The van der Waals surface area contributed by atoms with Crippen molar-refractivity contribution in [2.45, 2.75) is 26.7 Å². The highest BCUT2D eigenvalue weighted by atomic mass is 14.1. The summed E-state index contributed by atoms with van der Waals surface area (Å²) in [5, 5.41) is 0. The highest BCUT2D eigenvalue weighted by Crippen LogP contribution is 2.24. The molecule has 0 radical (unpaired) electrons. The monoisotopic (exact) mass is 210 g/mol. The van der Waals surface area contributed by atoms with Crippen molar-refractivity contribution in [1.82, 2.24) is 0 Å². The Bertz CT molecular complexity index is 469. The smallest absolute Gasteiger partial charge is 0.0155 e. The third-order valence-corrected chi connectivity index (χ3v) is 2.92. The van der Waals surface area contributed by atoms with Crippen LogP contribution in [-0.4, -0.2) is 0 Å². The van der Waals surface area contributed by atoms with Crippen molar-refractivity contribution in [2.75, 3.05) is 0 Å². The van der Waals surface area contributed by atoms with Crippen LogP contribution in [0.25, 0.3) is 11.1 Å². The lowest BCUT2D eigenvalue weighted by atomic mass is 9.98. The molecular formula is C16H18. The SMILES string of the molecule is CCCc1cccc(-c2ccccc2C)c1. The first-order valence-electron chi connectivity index (χ1n) is 5.96. The molecule has 0 aromatic heterocycles. The molecule has 0 spiro atoms. The molecule has 0 heterocycles. The van der Waals surface area contributed by atoms with Gasteiger partial charge in [0.2, 0.25) is 0 Å². The van der Waals surface area contributed by atoms with Gasteiger partial charge in [-0.25, -0.2) is 0 Å². The van der Waals surface area contributed by atoms with Crippen molar-refractivity contribution in [3.8, 4) is 11.1 Å². The maximum Gasteiger partial charge on any atom is -0.0155 e. The van der Waals surface area contributed by atoms with Gasteiger partial charge in [0.1, 0.15) is 0 Å². The highest BCUT2D eigenvalue weighted by molar-refractivity contribution is 5.67. The Morgan fingerprint density at radius 3 is 2.50 bits per heavy atom. The number of benzene rings is 2. The van der Waals surface area contributed by atoms with Crippen molar-refractivity contribution in [3.05, 3.63) is 59.7 Å². The van der Waals surface area contributed by atoms with Gasteiger partial charge < -0.3 is 0 Å². The fourth-order valence-electron chi connectivity index (χ4n) is 2.08. The lowest BCUT2D eigenvalue weighted by Crippen LogP contribution is -1.86. The van der Waals surface area contributed by atoms with Crippen molar-refractivity contribution < 1.29 is 0 Å². The molecule has 0 heteroatoms. The number of hydrogen-bond acceptors (Lipinski definition) is 0. The van der Waals surface area contributed by atoms with Gasteiger partial charge in [-0.1, -0.05) is 61.9 Å². The number of aryl methyl sites for hydroxylation is 2. The first-order chi connectivity index (χ1) is 7.81. The molecule has 0 atom stereocenters. The van der Waals surface area contributed by atoms with Gasteiger partial charge in [0.25, 0.3) is 0 Å². The van der Waals surface area contributed by atoms with Crippen LogP contribution in [0.15, 0.2) is 48.5 Å². The zero-order chi connectivity index (χ0) is 11.4. The third-order valence-electron chi connectivity index (χ3n) is 2.92. The van der Waals surface area contributed by atoms with Gasteiger partial charge in [-0.3, -0.25) is 0 Å². The molecule has 0 N–H and O–H groups in total. The van der Waals surface area contributed by atoms with Gasteiger partial charge in [0.15, 0.2) is 0 Å². The van der Waals surface area contributed by atoms with Gasteiger partial charge in [0.05, 0.1) is 0 Å². The van der Waals surface area contributed by atoms with E-state index in [0.29, 0.717) is 0 Å². The molecule has 0 bridgehead atoms. The molecule has 0 aliphatic carbocycles. The predicted molar refractivity (Wildman–Crippen MR) is 70.6 cm³/mol. The van der Waals surface area contributed by atoms with Crippen LogP contribution in [0.4, 0.5) is 0 Å². The summed E-state index contributed by atoms with van der Waals surface area (Å²) < 4.78 is 0. The summed E-state index contributed by atoms with van der Waals surface area (Å²) in [4.78, 5) is 0. The minimum absolute atomic E-state index is 1.17. The zero-order valence-corrected chi connectivity index (χ0v) is 10.0. The van der Waals surface area contributed by atoms with E-state index in [0.717, 1.165) is 0 Å². The van der Waals surface area contributed by atoms with E-state index in [4.69, 9.17) is 0 Å². The van der Waals surface area contributed by atoms with Gasteiger partial charge in [0, 0.05) is 0 Å². The van der Waals surface area contributed by atoms with Gasteiger partial charge in [-0.15, -0.1) is 0 Å². The van der Waals surface area contributed by atoms with E-state index >= 15 is 0 Å². The summed E-state index contributed by atoms with van der Waals surface area (Å²) in [5.41, 5.74) is 5.46. The molecule has 16 heavy (non-hydrogen) atoms. The lowest BCUT2D eigenvalue weighted by molar-refractivity contribution is 0.922. The molecule has 2 aromatic rings. The van der Waals surface area contributed by atoms with Gasteiger partial charge in [-0.2, -0.15) is 0 Å². The Morgan fingerprint density at radius 2 is 1.75 bits per heavy atom. The Morgan fingerprint density at radius 1 is 0.938 bits per heavy atom. The van der Waals surface area contributed by atoms with E-state index in [1.807, 2.05) is 0 Å². The average molecular weight is 210 g/mol. The predicted octanol–water partition coefficient (Wildman–Crippen LogP) is 4.61. The van der Waals surface area contributed by atoms with Crippen LogP contribution < -0.4 is 0 Å². The molecule has 82 valence electrons.